The van der Waals surface area contributed by atoms with Gasteiger partial charge in [0.25, 0.3) is 0 Å². The molecule has 0 aliphatic carbocycles. The summed E-state index contributed by atoms with van der Waals surface area (Å²) in [6.45, 7) is 11.0. The molecule has 0 aliphatic rings. The molecule has 0 fully saturated rings. The Bertz CT molecular complexity index is 2830. The predicted octanol–water partition coefficient (Wildman–Crippen LogP) is 12.5. The van der Waals surface area contributed by atoms with E-state index in [2.05, 4.69) is 172 Å². The van der Waals surface area contributed by atoms with Gasteiger partial charge >= 0.3 is 0 Å². The maximum absolute atomic E-state index is 6.71. The molecule has 6 aromatic carbocycles. The first-order chi connectivity index (χ1) is 27.1. The maximum Gasteiger partial charge on any atom is 0.135 e. The zero-order valence-electron chi connectivity index (χ0n) is 32.5. The van der Waals surface area contributed by atoms with E-state index in [1.807, 2.05) is 53.4 Å². The van der Waals surface area contributed by atoms with Crippen molar-refractivity contribution in [3.8, 4) is 45.3 Å². The second-order valence-corrected chi connectivity index (χ2v) is 15.8. The van der Waals surface area contributed by atoms with E-state index in [9.17, 15) is 0 Å². The molecule has 0 aliphatic heterocycles. The first-order valence-corrected chi connectivity index (χ1v) is 19.0. The average Bonchev–Trinajstić information content (AvgIpc) is 3.86. The van der Waals surface area contributed by atoms with Crippen LogP contribution in [0, 0.1) is 18.5 Å². The van der Waals surface area contributed by atoms with Gasteiger partial charge in [-0.2, -0.15) is 18.2 Å². The summed E-state index contributed by atoms with van der Waals surface area (Å²) in [5.74, 6) is 1.95. The molecule has 57 heavy (non-hydrogen) atoms. The Kier molecular flexibility index (Phi) is 10.1. The van der Waals surface area contributed by atoms with Gasteiger partial charge in [0.15, 0.2) is 0 Å². The Balaban J connectivity index is 0.00000455. The van der Waals surface area contributed by atoms with Gasteiger partial charge in [0.1, 0.15) is 5.82 Å². The zero-order chi connectivity index (χ0) is 38.4. The van der Waals surface area contributed by atoms with Gasteiger partial charge < -0.3 is 18.9 Å². The van der Waals surface area contributed by atoms with Crippen molar-refractivity contribution in [2.75, 3.05) is 0 Å². The first-order valence-electron chi connectivity index (χ1n) is 19.0. The third kappa shape index (κ3) is 7.36. The van der Waals surface area contributed by atoms with E-state index in [-0.39, 0.29) is 31.9 Å². The molecule has 0 N–H and O–H groups in total. The quantitative estimate of drug-likeness (QED) is 0.143. The number of pyridine rings is 1. The fourth-order valence-electron chi connectivity index (χ4n) is 7.38. The molecule has 0 saturated carbocycles. The van der Waals surface area contributed by atoms with Crippen LogP contribution in [0.2, 0.25) is 0 Å². The van der Waals surface area contributed by atoms with E-state index in [0.717, 1.165) is 55.7 Å². The monoisotopic (exact) mass is 920 g/mol. The van der Waals surface area contributed by atoms with Crippen LogP contribution in [-0.2, 0) is 31.9 Å². The Hall–Kier alpha value is -6.03. The second kappa shape index (κ2) is 15.1. The van der Waals surface area contributed by atoms with Crippen LogP contribution in [0.4, 0.5) is 0 Å². The molecule has 0 spiro atoms. The van der Waals surface area contributed by atoms with Crippen molar-refractivity contribution in [2.24, 2.45) is 0 Å². The molecular weight excluding hydrogens is 880 g/mol. The van der Waals surface area contributed by atoms with Gasteiger partial charge in [-0.3, -0.25) is 0 Å². The van der Waals surface area contributed by atoms with Crippen molar-refractivity contribution in [1.29, 1.82) is 0 Å². The Morgan fingerprint density at radius 2 is 1.26 bits per heavy atom. The minimum absolute atomic E-state index is 0. The van der Waals surface area contributed by atoms with Crippen LogP contribution in [-0.4, -0.2) is 19.1 Å². The summed E-state index contributed by atoms with van der Waals surface area (Å²) < 4.78 is 10.8. The van der Waals surface area contributed by atoms with Crippen molar-refractivity contribution in [3.63, 3.8) is 0 Å². The van der Waals surface area contributed by atoms with Crippen molar-refractivity contribution < 1.29 is 25.8 Å². The fraction of sp³-hybridized carbons (Fsp3) is 0.137. The molecular formula is C51H41N4OPt-3. The molecule has 0 unspecified atom stereocenters. The molecule has 6 heteroatoms. The molecule has 9 rings (SSSR count). The molecule has 0 saturated heterocycles. The summed E-state index contributed by atoms with van der Waals surface area (Å²) in [7, 11) is 0. The summed E-state index contributed by atoms with van der Waals surface area (Å²) in [5, 5.41) is 2.17. The standard InChI is InChI=1S/C51H41N4O.Pt/c1-50(2,3)48-33-54(34-53-48)41-27-38(36-17-11-7-12-18-36)28-43(31-41)56-42-22-23-44-45-29-37(35-15-9-6-10-16-35)21-24-46(45)55(47(44)32-42)49-30-40(25-26-52-49)51(4,5)39-19-13-8-14-20-39;/h6-30,33H,1-5H3;/q-3;. The van der Waals surface area contributed by atoms with Crippen molar-refractivity contribution in [1.82, 2.24) is 19.1 Å². The van der Waals surface area contributed by atoms with Gasteiger partial charge in [-0.1, -0.05) is 155 Å². The molecule has 284 valence electrons. The SMILES string of the molecule is CC(C)(C)c1cn(-c2[c-]c(Oc3[c-]c4c(cc3)c3cc(-c5ccccc5)ccc3n4-c3cc(C(C)(C)c4ccccc4)ccn3)cc(-c3ccccc3)c2)[c-]n1.[Pt]. The van der Waals surface area contributed by atoms with Crippen LogP contribution in [0.3, 0.4) is 0 Å². The normalized spacial score (nSPS) is 11.8. The van der Waals surface area contributed by atoms with Crippen LogP contribution in [0.25, 0.3) is 55.6 Å². The van der Waals surface area contributed by atoms with Crippen LogP contribution in [0.1, 0.15) is 51.4 Å². The van der Waals surface area contributed by atoms with E-state index >= 15 is 0 Å². The van der Waals surface area contributed by atoms with Gasteiger partial charge in [0, 0.05) is 56.0 Å². The number of ether oxygens (including phenoxy) is 1. The number of fused-ring (bicyclic) bond motifs is 3. The summed E-state index contributed by atoms with van der Waals surface area (Å²) in [4.78, 5) is 9.58. The van der Waals surface area contributed by atoms with E-state index < -0.39 is 0 Å². The summed E-state index contributed by atoms with van der Waals surface area (Å²) in [5.41, 5.74) is 10.1. The van der Waals surface area contributed by atoms with E-state index in [1.165, 1.54) is 16.7 Å². The van der Waals surface area contributed by atoms with Gasteiger partial charge in [0.2, 0.25) is 0 Å². The number of aromatic nitrogens is 4. The topological polar surface area (TPSA) is 44.9 Å². The minimum Gasteiger partial charge on any atom is -0.510 e. The maximum atomic E-state index is 6.71. The molecule has 0 bridgehead atoms. The Morgan fingerprint density at radius 1 is 0.579 bits per heavy atom. The largest absolute Gasteiger partial charge is 0.510 e. The smallest absolute Gasteiger partial charge is 0.135 e. The van der Waals surface area contributed by atoms with E-state index in [4.69, 9.17) is 9.72 Å². The van der Waals surface area contributed by atoms with Gasteiger partial charge in [-0.25, -0.2) is 4.98 Å². The summed E-state index contributed by atoms with van der Waals surface area (Å²) in [6, 6.07) is 57.8. The molecule has 3 heterocycles. The van der Waals surface area contributed by atoms with Crippen molar-refractivity contribution in [3.05, 3.63) is 193 Å². The molecule has 9 aromatic rings. The summed E-state index contributed by atoms with van der Waals surface area (Å²) in [6.07, 6.45) is 7.10. The van der Waals surface area contributed by atoms with Gasteiger partial charge in [-0.15, -0.1) is 34.8 Å². The molecule has 0 radical (unpaired) electrons. The Morgan fingerprint density at radius 3 is 1.95 bits per heavy atom. The van der Waals surface area contributed by atoms with Gasteiger partial charge in [0.05, 0.1) is 0 Å². The third-order valence-corrected chi connectivity index (χ3v) is 10.7. The van der Waals surface area contributed by atoms with Crippen LogP contribution in [0.5, 0.6) is 11.5 Å². The predicted molar refractivity (Wildman–Crippen MR) is 227 cm³/mol. The number of hydrogen-bond acceptors (Lipinski definition) is 3. The van der Waals surface area contributed by atoms with E-state index in [1.54, 1.807) is 0 Å². The van der Waals surface area contributed by atoms with Gasteiger partial charge in [-0.05, 0) is 56.8 Å². The van der Waals surface area contributed by atoms with Crippen molar-refractivity contribution in [2.45, 2.75) is 45.4 Å². The van der Waals surface area contributed by atoms with Crippen molar-refractivity contribution >= 4 is 21.8 Å². The van der Waals surface area contributed by atoms with Crippen LogP contribution in [0.15, 0.2) is 158 Å². The molecule has 0 atom stereocenters. The number of nitrogens with zero attached hydrogens (tertiary/aromatic N) is 4. The number of imidazole rings is 1. The molecule has 0 amide bonds. The second-order valence-electron chi connectivity index (χ2n) is 15.8. The third-order valence-electron chi connectivity index (χ3n) is 10.7. The van der Waals surface area contributed by atoms with Crippen LogP contribution < -0.4 is 4.74 Å². The molecule has 3 aromatic heterocycles. The number of hydrogen-bond donors (Lipinski definition) is 0. The van der Waals surface area contributed by atoms with Crippen LogP contribution >= 0.6 is 0 Å². The molecule has 5 nitrogen and oxygen atoms in total. The Labute approximate surface area is 348 Å². The minimum atomic E-state index is -0.242. The van der Waals surface area contributed by atoms with E-state index in [0.29, 0.717) is 11.5 Å². The summed E-state index contributed by atoms with van der Waals surface area (Å²) >= 11 is 0. The first kappa shape index (κ1) is 37.9. The zero-order valence-corrected chi connectivity index (χ0v) is 34.8. The fourth-order valence-corrected chi connectivity index (χ4v) is 7.38. The number of benzene rings is 6. The average molecular weight is 921 g/mol. The number of rotatable bonds is 8.